The highest BCUT2D eigenvalue weighted by Crippen LogP contribution is 2.32. The topological polar surface area (TPSA) is 59.5 Å². The molecule has 2 saturated heterocycles. The Labute approximate surface area is 148 Å². The molecule has 2 aliphatic rings. The fraction of sp³-hybridized carbons (Fsp3) is 0.474. The standard InChI is InChI=1S/C19H24N4O2/c1-2-4-16(5-3-1)6-10-20-17-7-11-21-18(22-17)23-12-8-19(9-13-23)24-14-15-25-19/h1-5,7,11H,6,8-10,12-15H2,(H,20,21,22). The van der Waals surface area contributed by atoms with Gasteiger partial charge >= 0.3 is 0 Å². The maximum absolute atomic E-state index is 5.78. The molecule has 0 aliphatic carbocycles. The van der Waals surface area contributed by atoms with Crippen LogP contribution in [0.4, 0.5) is 11.8 Å². The summed E-state index contributed by atoms with van der Waals surface area (Å²) in [5, 5.41) is 3.39. The number of hydrogen-bond acceptors (Lipinski definition) is 6. The summed E-state index contributed by atoms with van der Waals surface area (Å²) in [5.74, 6) is 1.29. The first kappa shape index (κ1) is 16.3. The van der Waals surface area contributed by atoms with E-state index in [1.807, 2.05) is 18.3 Å². The van der Waals surface area contributed by atoms with Crippen LogP contribution >= 0.6 is 0 Å². The van der Waals surface area contributed by atoms with Gasteiger partial charge < -0.3 is 19.7 Å². The summed E-state index contributed by atoms with van der Waals surface area (Å²) in [4.78, 5) is 11.3. The van der Waals surface area contributed by atoms with Crippen LogP contribution in [0.15, 0.2) is 42.6 Å². The van der Waals surface area contributed by atoms with Gasteiger partial charge in [0, 0.05) is 38.7 Å². The van der Waals surface area contributed by atoms with E-state index in [-0.39, 0.29) is 5.79 Å². The predicted molar refractivity (Wildman–Crippen MR) is 96.7 cm³/mol. The minimum absolute atomic E-state index is 0.359. The van der Waals surface area contributed by atoms with E-state index in [9.17, 15) is 0 Å². The molecule has 6 nitrogen and oxygen atoms in total. The van der Waals surface area contributed by atoms with Crippen molar-refractivity contribution in [3.8, 4) is 0 Å². The number of anilines is 2. The van der Waals surface area contributed by atoms with Gasteiger partial charge in [-0.15, -0.1) is 0 Å². The molecule has 0 saturated carbocycles. The zero-order valence-corrected chi connectivity index (χ0v) is 14.4. The molecular formula is C19H24N4O2. The number of aromatic nitrogens is 2. The summed E-state index contributed by atoms with van der Waals surface area (Å²) in [5.41, 5.74) is 1.32. The Morgan fingerprint density at radius 3 is 2.56 bits per heavy atom. The van der Waals surface area contributed by atoms with Gasteiger partial charge in [0.05, 0.1) is 13.2 Å². The van der Waals surface area contributed by atoms with Crippen LogP contribution < -0.4 is 10.2 Å². The summed E-state index contributed by atoms with van der Waals surface area (Å²) in [6, 6.07) is 12.4. The fourth-order valence-corrected chi connectivity index (χ4v) is 3.41. The third kappa shape index (κ3) is 3.91. The van der Waals surface area contributed by atoms with Crippen molar-refractivity contribution in [2.24, 2.45) is 0 Å². The third-order valence-corrected chi connectivity index (χ3v) is 4.83. The van der Waals surface area contributed by atoms with E-state index in [4.69, 9.17) is 9.47 Å². The van der Waals surface area contributed by atoms with Crippen LogP contribution in [-0.2, 0) is 15.9 Å². The maximum atomic E-state index is 5.78. The van der Waals surface area contributed by atoms with E-state index in [0.29, 0.717) is 13.2 Å². The third-order valence-electron chi connectivity index (χ3n) is 4.83. The van der Waals surface area contributed by atoms with Gasteiger partial charge in [0.25, 0.3) is 0 Å². The lowest BCUT2D eigenvalue weighted by Crippen LogP contribution is -2.45. The molecule has 6 heteroatoms. The SMILES string of the molecule is c1ccc(CCNc2ccnc(N3CCC4(CC3)OCCO4)n2)cc1. The Morgan fingerprint density at radius 2 is 1.80 bits per heavy atom. The maximum Gasteiger partial charge on any atom is 0.227 e. The van der Waals surface area contributed by atoms with Gasteiger partial charge in [0.2, 0.25) is 5.95 Å². The predicted octanol–water partition coefficient (Wildman–Crippen LogP) is 2.47. The minimum Gasteiger partial charge on any atom is -0.370 e. The van der Waals surface area contributed by atoms with Crippen LogP contribution in [0, 0.1) is 0 Å². The number of piperidine rings is 1. The monoisotopic (exact) mass is 340 g/mol. The molecule has 132 valence electrons. The molecule has 4 rings (SSSR count). The second-order valence-electron chi connectivity index (χ2n) is 6.50. The average molecular weight is 340 g/mol. The highest BCUT2D eigenvalue weighted by Gasteiger charge is 2.40. The molecule has 1 aromatic heterocycles. The lowest BCUT2D eigenvalue weighted by Gasteiger charge is -2.37. The van der Waals surface area contributed by atoms with E-state index >= 15 is 0 Å². The van der Waals surface area contributed by atoms with E-state index in [1.165, 1.54) is 5.56 Å². The molecule has 1 spiro atoms. The number of hydrogen-bond donors (Lipinski definition) is 1. The van der Waals surface area contributed by atoms with Gasteiger partial charge in [0.1, 0.15) is 5.82 Å². The van der Waals surface area contributed by atoms with Gasteiger partial charge in [-0.25, -0.2) is 4.98 Å². The summed E-state index contributed by atoms with van der Waals surface area (Å²) in [6.45, 7) is 3.97. The zero-order chi connectivity index (χ0) is 17.0. The van der Waals surface area contributed by atoms with Crippen LogP contribution in [0.2, 0.25) is 0 Å². The minimum atomic E-state index is -0.359. The van der Waals surface area contributed by atoms with Gasteiger partial charge in [-0.1, -0.05) is 30.3 Å². The zero-order valence-electron chi connectivity index (χ0n) is 14.4. The molecule has 3 heterocycles. The lowest BCUT2D eigenvalue weighted by molar-refractivity contribution is -0.169. The van der Waals surface area contributed by atoms with E-state index in [2.05, 4.69) is 44.5 Å². The van der Waals surface area contributed by atoms with Crippen molar-refractivity contribution in [1.82, 2.24) is 9.97 Å². The summed E-state index contributed by atoms with van der Waals surface area (Å²) in [7, 11) is 0. The van der Waals surface area contributed by atoms with E-state index < -0.39 is 0 Å². The van der Waals surface area contributed by atoms with Crippen LogP contribution in [0.25, 0.3) is 0 Å². The molecule has 2 fully saturated rings. The highest BCUT2D eigenvalue weighted by atomic mass is 16.7. The van der Waals surface area contributed by atoms with Crippen molar-refractivity contribution >= 4 is 11.8 Å². The molecule has 0 bridgehead atoms. The molecule has 2 aromatic rings. The van der Waals surface area contributed by atoms with E-state index in [0.717, 1.165) is 50.7 Å². The van der Waals surface area contributed by atoms with Crippen LogP contribution in [0.1, 0.15) is 18.4 Å². The number of ether oxygens (including phenoxy) is 2. The highest BCUT2D eigenvalue weighted by molar-refractivity contribution is 5.41. The average Bonchev–Trinajstić information content (AvgIpc) is 3.12. The Balaban J connectivity index is 1.32. The van der Waals surface area contributed by atoms with Gasteiger partial charge in [-0.2, -0.15) is 4.98 Å². The normalized spacial score (nSPS) is 19.3. The van der Waals surface area contributed by atoms with Crippen molar-refractivity contribution in [2.45, 2.75) is 25.0 Å². The fourth-order valence-electron chi connectivity index (χ4n) is 3.41. The van der Waals surface area contributed by atoms with Crippen molar-refractivity contribution in [2.75, 3.05) is 43.1 Å². The Bertz CT molecular complexity index is 679. The van der Waals surface area contributed by atoms with Crippen LogP contribution in [0.3, 0.4) is 0 Å². The molecule has 1 N–H and O–H groups in total. The first-order valence-corrected chi connectivity index (χ1v) is 8.97. The quantitative estimate of drug-likeness (QED) is 0.902. The first-order chi connectivity index (χ1) is 12.3. The molecule has 0 radical (unpaired) electrons. The van der Waals surface area contributed by atoms with Gasteiger partial charge in [-0.3, -0.25) is 0 Å². The molecule has 0 amide bonds. The molecule has 2 aliphatic heterocycles. The van der Waals surface area contributed by atoms with Crippen molar-refractivity contribution < 1.29 is 9.47 Å². The largest absolute Gasteiger partial charge is 0.370 e. The molecule has 0 atom stereocenters. The summed E-state index contributed by atoms with van der Waals surface area (Å²) in [6.07, 6.45) is 4.52. The summed E-state index contributed by atoms with van der Waals surface area (Å²) >= 11 is 0. The van der Waals surface area contributed by atoms with Crippen LogP contribution in [-0.4, -0.2) is 48.6 Å². The number of rotatable bonds is 5. The van der Waals surface area contributed by atoms with Gasteiger partial charge in [-0.05, 0) is 18.1 Å². The second kappa shape index (κ2) is 7.37. The second-order valence-corrected chi connectivity index (χ2v) is 6.50. The number of nitrogens with zero attached hydrogens (tertiary/aromatic N) is 3. The first-order valence-electron chi connectivity index (χ1n) is 8.97. The molecule has 1 aromatic carbocycles. The summed E-state index contributed by atoms with van der Waals surface area (Å²) < 4.78 is 11.6. The Morgan fingerprint density at radius 1 is 1.04 bits per heavy atom. The number of nitrogens with one attached hydrogen (secondary N) is 1. The molecular weight excluding hydrogens is 316 g/mol. The van der Waals surface area contributed by atoms with Crippen molar-refractivity contribution in [3.05, 3.63) is 48.2 Å². The van der Waals surface area contributed by atoms with E-state index in [1.54, 1.807) is 0 Å². The van der Waals surface area contributed by atoms with Gasteiger partial charge in [0.15, 0.2) is 5.79 Å². The van der Waals surface area contributed by atoms with Crippen LogP contribution in [0.5, 0.6) is 0 Å². The molecule has 25 heavy (non-hydrogen) atoms. The number of benzene rings is 1. The van der Waals surface area contributed by atoms with Crippen molar-refractivity contribution in [3.63, 3.8) is 0 Å². The lowest BCUT2D eigenvalue weighted by atomic mass is 10.0. The molecule has 0 unspecified atom stereocenters. The Kier molecular flexibility index (Phi) is 4.81. The smallest absolute Gasteiger partial charge is 0.227 e. The Hall–Kier alpha value is -2.18. The van der Waals surface area contributed by atoms with Crippen molar-refractivity contribution in [1.29, 1.82) is 0 Å².